The summed E-state index contributed by atoms with van der Waals surface area (Å²) in [5, 5.41) is 17.3. The highest BCUT2D eigenvalue weighted by Crippen LogP contribution is 2.36. The van der Waals surface area contributed by atoms with Crippen molar-refractivity contribution in [3.63, 3.8) is 0 Å². The van der Waals surface area contributed by atoms with Gasteiger partial charge in [0.25, 0.3) is 0 Å². The van der Waals surface area contributed by atoms with E-state index in [0.717, 1.165) is 18.4 Å². The maximum absolute atomic E-state index is 11.4. The molecule has 3 rings (SSSR count). The zero-order valence-corrected chi connectivity index (χ0v) is 18.8. The average Bonchev–Trinajstić information content (AvgIpc) is 3.13. The quantitative estimate of drug-likeness (QED) is 0.597. The molecule has 0 spiro atoms. The van der Waals surface area contributed by atoms with Crippen molar-refractivity contribution in [1.29, 1.82) is 0 Å². The molecule has 31 heavy (non-hydrogen) atoms. The van der Waals surface area contributed by atoms with Crippen molar-refractivity contribution in [1.82, 2.24) is 0 Å². The van der Waals surface area contributed by atoms with Crippen LogP contribution in [-0.4, -0.2) is 27.9 Å². The van der Waals surface area contributed by atoms with Gasteiger partial charge in [-0.1, -0.05) is 56.1 Å². The third-order valence-electron chi connectivity index (χ3n) is 4.51. The lowest BCUT2D eigenvalue weighted by atomic mass is 9.92. The molecule has 7 heteroatoms. The van der Waals surface area contributed by atoms with Crippen LogP contribution in [0.15, 0.2) is 48.5 Å². The van der Waals surface area contributed by atoms with E-state index in [4.69, 9.17) is 26.6 Å². The van der Waals surface area contributed by atoms with Gasteiger partial charge >= 0.3 is 11.9 Å². The molecule has 2 atom stereocenters. The Morgan fingerprint density at radius 1 is 1.06 bits per heavy atom. The number of aryl methyl sites for hydroxylation is 1. The number of hydrogen-bond acceptors (Lipinski definition) is 5. The number of carbonyl (C=O) groups excluding carboxylic acids is 2. The van der Waals surface area contributed by atoms with Crippen molar-refractivity contribution in [2.45, 2.75) is 52.6 Å². The van der Waals surface area contributed by atoms with Crippen molar-refractivity contribution in [3.05, 3.63) is 64.7 Å². The third kappa shape index (κ3) is 9.66. The first-order valence-corrected chi connectivity index (χ1v) is 10.5. The van der Waals surface area contributed by atoms with Crippen LogP contribution in [0, 0.1) is 5.92 Å². The van der Waals surface area contributed by atoms with Gasteiger partial charge in [0.1, 0.15) is 17.6 Å². The van der Waals surface area contributed by atoms with Crippen LogP contribution < -0.4 is 0 Å². The Bertz CT molecular complexity index is 845. The number of ketones is 1. The van der Waals surface area contributed by atoms with Crippen LogP contribution in [-0.2, 0) is 25.5 Å². The summed E-state index contributed by atoms with van der Waals surface area (Å²) in [6.45, 7) is 5.23. The second-order valence-electron chi connectivity index (χ2n) is 7.05. The van der Waals surface area contributed by atoms with Gasteiger partial charge in [-0.05, 0) is 48.7 Å². The zero-order valence-electron chi connectivity index (χ0n) is 18.0. The van der Waals surface area contributed by atoms with Crippen molar-refractivity contribution in [2.75, 3.05) is 0 Å². The first-order chi connectivity index (χ1) is 14.7. The predicted molar refractivity (Wildman–Crippen MR) is 119 cm³/mol. The van der Waals surface area contributed by atoms with Gasteiger partial charge in [0.2, 0.25) is 0 Å². The molecule has 0 aromatic heterocycles. The molecular formula is C24H29ClO6. The van der Waals surface area contributed by atoms with Gasteiger partial charge in [0.15, 0.2) is 0 Å². The molecule has 1 fully saturated rings. The lowest BCUT2D eigenvalue weighted by Gasteiger charge is -2.15. The van der Waals surface area contributed by atoms with Crippen LogP contribution in [0.2, 0.25) is 5.02 Å². The van der Waals surface area contributed by atoms with Crippen molar-refractivity contribution in [3.8, 4) is 5.75 Å². The van der Waals surface area contributed by atoms with E-state index >= 15 is 0 Å². The van der Waals surface area contributed by atoms with Gasteiger partial charge in [0.05, 0.1) is 12.3 Å². The second kappa shape index (κ2) is 13.4. The lowest BCUT2D eigenvalue weighted by molar-refractivity contribution is -0.142. The number of rotatable bonds is 5. The molecule has 0 bridgehead atoms. The maximum atomic E-state index is 11.4. The number of benzene rings is 2. The van der Waals surface area contributed by atoms with E-state index < -0.39 is 12.1 Å². The summed E-state index contributed by atoms with van der Waals surface area (Å²) >= 11 is 5.77. The van der Waals surface area contributed by atoms with Gasteiger partial charge in [-0.2, -0.15) is 0 Å². The van der Waals surface area contributed by atoms with E-state index in [-0.39, 0.29) is 30.5 Å². The molecule has 0 aliphatic carbocycles. The van der Waals surface area contributed by atoms with E-state index in [1.54, 1.807) is 43.3 Å². The monoisotopic (exact) mass is 448 g/mol. The average molecular weight is 449 g/mol. The van der Waals surface area contributed by atoms with Crippen LogP contribution in [0.5, 0.6) is 5.75 Å². The first-order valence-electron chi connectivity index (χ1n) is 10.1. The Hall–Kier alpha value is -2.86. The van der Waals surface area contributed by atoms with E-state index in [1.807, 2.05) is 12.1 Å². The van der Waals surface area contributed by atoms with Crippen LogP contribution in [0.25, 0.3) is 0 Å². The molecule has 0 saturated carbocycles. The fourth-order valence-electron chi connectivity index (χ4n) is 2.82. The fourth-order valence-corrected chi connectivity index (χ4v) is 2.95. The molecule has 1 aliphatic heterocycles. The molecule has 2 N–H and O–H groups in total. The zero-order chi connectivity index (χ0) is 23.4. The minimum absolute atomic E-state index is 0.0224. The van der Waals surface area contributed by atoms with Crippen molar-refractivity contribution in [2.24, 2.45) is 5.92 Å². The number of aliphatic carboxylic acids is 1. The minimum atomic E-state index is -0.745. The maximum Gasteiger partial charge on any atom is 0.307 e. The smallest absolute Gasteiger partial charge is 0.307 e. The fraction of sp³-hybridized carbons (Fsp3) is 0.375. The Morgan fingerprint density at radius 3 is 2.06 bits per heavy atom. The lowest BCUT2D eigenvalue weighted by Crippen LogP contribution is -2.15. The molecule has 6 nitrogen and oxygen atoms in total. The number of cyclic esters (lactones) is 1. The number of Topliss-reactive ketones (excluding diaryl/α,β-unsaturated/α-hetero) is 1. The summed E-state index contributed by atoms with van der Waals surface area (Å²) in [5.74, 6) is -1.11. The number of phenolic OH excluding ortho intramolecular Hbond substituents is 1. The van der Waals surface area contributed by atoms with E-state index in [0.29, 0.717) is 10.8 Å². The number of hydrogen-bond donors (Lipinski definition) is 2. The number of phenols is 1. The van der Waals surface area contributed by atoms with Gasteiger partial charge in [-0.25, -0.2) is 0 Å². The molecule has 2 aromatic carbocycles. The standard InChI is InChI=1S/C12H11ClO3.C9H12O.C3H6O2/c1-7(14)10-6-11(15)16-12(10)8-2-4-9(13)5-3-8;1-2-3-8-4-6-9(10)7-5-8;1-2-3(4)5/h2-5,10,12H,6H2,1H3;4-7,10H,2-3H2,1H3;2H2,1H3,(H,4,5)/t10-,12?;;/m1../s1. The van der Waals surface area contributed by atoms with Gasteiger partial charge in [-0.15, -0.1) is 0 Å². The predicted octanol–water partition coefficient (Wildman–Crippen LogP) is 5.36. The van der Waals surface area contributed by atoms with Crippen LogP contribution >= 0.6 is 11.6 Å². The van der Waals surface area contributed by atoms with E-state index in [2.05, 4.69) is 6.92 Å². The summed E-state index contributed by atoms with van der Waals surface area (Å²) in [6, 6.07) is 14.4. The largest absolute Gasteiger partial charge is 0.508 e. The number of carboxylic acids is 1. The highest BCUT2D eigenvalue weighted by molar-refractivity contribution is 6.30. The number of ether oxygens (including phenoxy) is 1. The second-order valence-corrected chi connectivity index (χ2v) is 7.48. The first kappa shape index (κ1) is 26.2. The number of carbonyl (C=O) groups is 3. The molecule has 1 aliphatic rings. The number of halogens is 1. The van der Waals surface area contributed by atoms with Crippen molar-refractivity contribution < 1.29 is 29.3 Å². The SMILES string of the molecule is CC(=O)[C@H]1CC(=O)OC1c1ccc(Cl)cc1.CCC(=O)O.CCCc1ccc(O)cc1. The summed E-state index contributed by atoms with van der Waals surface area (Å²) < 4.78 is 5.16. The third-order valence-corrected chi connectivity index (χ3v) is 4.76. The Balaban J connectivity index is 0.000000273. The summed E-state index contributed by atoms with van der Waals surface area (Å²) in [7, 11) is 0. The molecule has 0 amide bonds. The number of carboxylic acid groups (broad SMARTS) is 1. The van der Waals surface area contributed by atoms with E-state index in [1.165, 1.54) is 12.5 Å². The molecule has 1 unspecified atom stereocenters. The molecule has 0 radical (unpaired) electrons. The van der Waals surface area contributed by atoms with Crippen LogP contribution in [0.1, 0.15) is 57.3 Å². The van der Waals surface area contributed by atoms with Gasteiger partial charge < -0.3 is 14.9 Å². The highest BCUT2D eigenvalue weighted by atomic mass is 35.5. The minimum Gasteiger partial charge on any atom is -0.508 e. The summed E-state index contributed by atoms with van der Waals surface area (Å²) in [4.78, 5) is 32.0. The van der Waals surface area contributed by atoms with E-state index in [9.17, 15) is 14.4 Å². The normalized spacial score (nSPS) is 16.8. The molecule has 1 heterocycles. The summed E-state index contributed by atoms with van der Waals surface area (Å²) in [5.41, 5.74) is 2.11. The number of esters is 1. The Labute approximate surface area is 187 Å². The van der Waals surface area contributed by atoms with Crippen molar-refractivity contribution >= 4 is 29.3 Å². The molecule has 168 valence electrons. The Kier molecular flexibility index (Phi) is 11.4. The Morgan fingerprint density at radius 2 is 1.61 bits per heavy atom. The number of aromatic hydroxyl groups is 1. The topological polar surface area (TPSA) is 101 Å². The van der Waals surface area contributed by atoms with Crippen LogP contribution in [0.4, 0.5) is 0 Å². The molecular weight excluding hydrogens is 420 g/mol. The highest BCUT2D eigenvalue weighted by Gasteiger charge is 2.38. The van der Waals surface area contributed by atoms with Crippen LogP contribution in [0.3, 0.4) is 0 Å². The van der Waals surface area contributed by atoms with Gasteiger partial charge in [-0.3, -0.25) is 14.4 Å². The molecule has 1 saturated heterocycles. The summed E-state index contributed by atoms with van der Waals surface area (Å²) in [6.07, 6.45) is 2.19. The molecule has 2 aromatic rings. The van der Waals surface area contributed by atoms with Gasteiger partial charge in [0, 0.05) is 11.4 Å².